The summed E-state index contributed by atoms with van der Waals surface area (Å²) in [5.74, 6) is 0. The largest absolute Gasteiger partial charge is 0.385 e. The molecule has 1 saturated carbocycles. The van der Waals surface area contributed by atoms with Crippen molar-refractivity contribution in [3.63, 3.8) is 0 Å². The highest BCUT2D eigenvalue weighted by Gasteiger charge is 2.20. The first-order chi connectivity index (χ1) is 9.78. The van der Waals surface area contributed by atoms with Crippen molar-refractivity contribution in [1.82, 2.24) is 9.88 Å². The Morgan fingerprint density at radius 2 is 2.20 bits per heavy atom. The Labute approximate surface area is 120 Å². The number of nitrogens with zero attached hydrogens (tertiary/aromatic N) is 1. The number of hydrogen-bond acceptors (Lipinski definition) is 2. The number of benzene rings is 1. The number of ether oxygens (including phenoxy) is 1. The first-order valence-corrected chi connectivity index (χ1v) is 7.57. The van der Waals surface area contributed by atoms with E-state index < -0.39 is 0 Å². The maximum absolute atomic E-state index is 5.16. The van der Waals surface area contributed by atoms with Crippen LogP contribution in [-0.2, 0) is 24.8 Å². The molecule has 20 heavy (non-hydrogen) atoms. The number of methoxy groups -OCH3 is 1. The molecule has 0 unspecified atom stereocenters. The van der Waals surface area contributed by atoms with E-state index in [9.17, 15) is 0 Å². The standard InChI is InChI=1S/C17H24N2O/c1-19-12-14(4-3-9-20-2)16-10-13(5-8-17(16)19)11-18-15-6-7-15/h5,8,10,12,15,18H,3-4,6-7,9,11H2,1-2H3. The molecule has 1 aromatic heterocycles. The molecule has 0 spiro atoms. The van der Waals surface area contributed by atoms with Crippen molar-refractivity contribution < 1.29 is 4.74 Å². The van der Waals surface area contributed by atoms with Gasteiger partial charge in [0.1, 0.15) is 0 Å². The molecule has 3 nitrogen and oxygen atoms in total. The molecule has 0 amide bonds. The zero-order chi connectivity index (χ0) is 13.9. The summed E-state index contributed by atoms with van der Waals surface area (Å²) in [7, 11) is 3.90. The van der Waals surface area contributed by atoms with Crippen molar-refractivity contribution in [1.29, 1.82) is 0 Å². The van der Waals surface area contributed by atoms with Gasteiger partial charge in [-0.1, -0.05) is 6.07 Å². The zero-order valence-corrected chi connectivity index (χ0v) is 12.5. The maximum Gasteiger partial charge on any atom is 0.0480 e. The lowest BCUT2D eigenvalue weighted by atomic mass is 10.1. The molecule has 1 aromatic carbocycles. The fourth-order valence-corrected chi connectivity index (χ4v) is 2.79. The number of rotatable bonds is 7. The minimum Gasteiger partial charge on any atom is -0.385 e. The van der Waals surface area contributed by atoms with Crippen LogP contribution in [0.3, 0.4) is 0 Å². The average molecular weight is 272 g/mol. The lowest BCUT2D eigenvalue weighted by Gasteiger charge is -2.05. The molecule has 0 bridgehead atoms. The second-order valence-electron chi connectivity index (χ2n) is 5.87. The third-order valence-corrected chi connectivity index (χ3v) is 4.10. The van der Waals surface area contributed by atoms with Gasteiger partial charge < -0.3 is 14.6 Å². The Bertz CT molecular complexity index is 584. The van der Waals surface area contributed by atoms with Gasteiger partial charge in [-0.15, -0.1) is 0 Å². The predicted molar refractivity (Wildman–Crippen MR) is 83.0 cm³/mol. The van der Waals surface area contributed by atoms with Gasteiger partial charge in [0, 0.05) is 50.5 Å². The van der Waals surface area contributed by atoms with E-state index in [1.807, 2.05) is 0 Å². The second-order valence-corrected chi connectivity index (χ2v) is 5.87. The van der Waals surface area contributed by atoms with Gasteiger partial charge in [0.15, 0.2) is 0 Å². The van der Waals surface area contributed by atoms with Crippen molar-refractivity contribution in [2.45, 2.75) is 38.3 Å². The van der Waals surface area contributed by atoms with Crippen LogP contribution in [0.4, 0.5) is 0 Å². The van der Waals surface area contributed by atoms with Gasteiger partial charge >= 0.3 is 0 Å². The first-order valence-electron chi connectivity index (χ1n) is 7.57. The van der Waals surface area contributed by atoms with Gasteiger partial charge in [-0.2, -0.15) is 0 Å². The molecular formula is C17H24N2O. The van der Waals surface area contributed by atoms with E-state index in [0.29, 0.717) is 0 Å². The van der Waals surface area contributed by atoms with Crippen molar-refractivity contribution in [2.75, 3.05) is 13.7 Å². The molecule has 0 atom stereocenters. The third-order valence-electron chi connectivity index (χ3n) is 4.10. The third kappa shape index (κ3) is 3.05. The second kappa shape index (κ2) is 5.98. The summed E-state index contributed by atoms with van der Waals surface area (Å²) in [4.78, 5) is 0. The van der Waals surface area contributed by atoms with E-state index in [-0.39, 0.29) is 0 Å². The van der Waals surface area contributed by atoms with Gasteiger partial charge in [0.2, 0.25) is 0 Å². The highest BCUT2D eigenvalue weighted by molar-refractivity contribution is 5.84. The van der Waals surface area contributed by atoms with Crippen LogP contribution in [0.2, 0.25) is 0 Å². The molecule has 1 aliphatic carbocycles. The molecule has 1 aliphatic rings. The van der Waals surface area contributed by atoms with Gasteiger partial charge in [-0.25, -0.2) is 0 Å². The smallest absolute Gasteiger partial charge is 0.0480 e. The van der Waals surface area contributed by atoms with E-state index in [4.69, 9.17) is 4.74 Å². The minimum atomic E-state index is 0.766. The maximum atomic E-state index is 5.16. The Morgan fingerprint density at radius 1 is 1.35 bits per heavy atom. The molecule has 3 rings (SSSR count). The van der Waals surface area contributed by atoms with Crippen LogP contribution < -0.4 is 5.32 Å². The van der Waals surface area contributed by atoms with Crippen molar-refractivity contribution >= 4 is 10.9 Å². The number of aryl methyl sites for hydroxylation is 2. The average Bonchev–Trinajstić information content (AvgIpc) is 3.23. The lowest BCUT2D eigenvalue weighted by molar-refractivity contribution is 0.195. The fourth-order valence-electron chi connectivity index (χ4n) is 2.79. The van der Waals surface area contributed by atoms with Crippen LogP contribution in [0.1, 0.15) is 30.4 Å². The summed E-state index contributed by atoms with van der Waals surface area (Å²) in [6.45, 7) is 1.83. The molecule has 1 heterocycles. The summed E-state index contributed by atoms with van der Waals surface area (Å²) in [5.41, 5.74) is 4.16. The van der Waals surface area contributed by atoms with Crippen LogP contribution in [0, 0.1) is 0 Å². The van der Waals surface area contributed by atoms with Crippen LogP contribution in [0.5, 0.6) is 0 Å². The van der Waals surface area contributed by atoms with E-state index in [1.54, 1.807) is 7.11 Å². The van der Waals surface area contributed by atoms with Gasteiger partial charge in [-0.05, 0) is 48.9 Å². The molecule has 0 aliphatic heterocycles. The summed E-state index contributed by atoms with van der Waals surface area (Å²) in [6.07, 6.45) is 7.12. The fraction of sp³-hybridized carbons (Fsp3) is 0.529. The highest BCUT2D eigenvalue weighted by Crippen LogP contribution is 2.24. The van der Waals surface area contributed by atoms with Crippen LogP contribution in [-0.4, -0.2) is 24.3 Å². The predicted octanol–water partition coefficient (Wildman–Crippen LogP) is 3.01. The molecule has 0 radical (unpaired) electrons. The summed E-state index contributed by atoms with van der Waals surface area (Å²) in [6, 6.07) is 7.62. The van der Waals surface area contributed by atoms with Gasteiger partial charge in [-0.3, -0.25) is 0 Å². The van der Waals surface area contributed by atoms with Crippen LogP contribution >= 0.6 is 0 Å². The molecule has 1 fully saturated rings. The van der Waals surface area contributed by atoms with Gasteiger partial charge in [0.25, 0.3) is 0 Å². The monoisotopic (exact) mass is 272 g/mol. The van der Waals surface area contributed by atoms with Crippen molar-refractivity contribution in [2.24, 2.45) is 7.05 Å². The molecule has 108 valence electrons. The quantitative estimate of drug-likeness (QED) is 0.784. The topological polar surface area (TPSA) is 26.2 Å². The first kappa shape index (κ1) is 13.7. The summed E-state index contributed by atoms with van der Waals surface area (Å²) < 4.78 is 7.39. The van der Waals surface area contributed by atoms with E-state index in [2.05, 4.69) is 41.3 Å². The van der Waals surface area contributed by atoms with Crippen molar-refractivity contribution in [3.8, 4) is 0 Å². The Kier molecular flexibility index (Phi) is 4.08. The number of fused-ring (bicyclic) bond motifs is 1. The van der Waals surface area contributed by atoms with E-state index >= 15 is 0 Å². The number of nitrogens with one attached hydrogen (secondary N) is 1. The molecule has 1 N–H and O–H groups in total. The van der Waals surface area contributed by atoms with Crippen LogP contribution in [0.25, 0.3) is 10.9 Å². The Balaban J connectivity index is 1.79. The number of aromatic nitrogens is 1. The minimum absolute atomic E-state index is 0.766. The molecule has 0 saturated heterocycles. The summed E-state index contributed by atoms with van der Waals surface area (Å²) >= 11 is 0. The van der Waals surface area contributed by atoms with Crippen LogP contribution in [0.15, 0.2) is 24.4 Å². The molecule has 3 heteroatoms. The van der Waals surface area contributed by atoms with Crippen molar-refractivity contribution in [3.05, 3.63) is 35.5 Å². The molecule has 2 aromatic rings. The van der Waals surface area contributed by atoms with E-state index in [1.165, 1.54) is 34.9 Å². The zero-order valence-electron chi connectivity index (χ0n) is 12.5. The number of hydrogen-bond donors (Lipinski definition) is 1. The summed E-state index contributed by atoms with van der Waals surface area (Å²) in [5, 5.41) is 4.99. The van der Waals surface area contributed by atoms with Gasteiger partial charge in [0.05, 0.1) is 0 Å². The lowest BCUT2D eigenvalue weighted by Crippen LogP contribution is -2.15. The van der Waals surface area contributed by atoms with E-state index in [0.717, 1.165) is 32.0 Å². The molecular weight excluding hydrogens is 248 g/mol. The Morgan fingerprint density at radius 3 is 2.95 bits per heavy atom. The highest BCUT2D eigenvalue weighted by atomic mass is 16.5. The normalized spacial score (nSPS) is 15.1. The SMILES string of the molecule is COCCCc1cn(C)c2ccc(CNC3CC3)cc12. The Hall–Kier alpha value is -1.32.